The highest BCUT2D eigenvalue weighted by Crippen LogP contribution is 2.23. The monoisotopic (exact) mass is 420 g/mol. The lowest BCUT2D eigenvalue weighted by molar-refractivity contribution is 0.136. The molecule has 1 atom stereocenters. The first-order chi connectivity index (χ1) is 14.8. The van der Waals surface area contributed by atoms with Crippen molar-refractivity contribution in [2.75, 3.05) is 13.1 Å². The van der Waals surface area contributed by atoms with E-state index in [1.54, 1.807) is 0 Å². The summed E-state index contributed by atoms with van der Waals surface area (Å²) < 4.78 is 0. The minimum atomic E-state index is 0.644. The SMILES string of the molecule is CCCCCCCCCCCN1C=CN(CCCC)C1CCCCCCCCCC. The maximum Gasteiger partial charge on any atom is 0.101 e. The molecular weight excluding hydrogens is 364 g/mol. The Labute approximate surface area is 190 Å². The highest BCUT2D eigenvalue weighted by molar-refractivity contribution is 4.96. The summed E-state index contributed by atoms with van der Waals surface area (Å²) in [6, 6.07) is 0. The van der Waals surface area contributed by atoms with Gasteiger partial charge >= 0.3 is 0 Å². The summed E-state index contributed by atoms with van der Waals surface area (Å²) in [5.41, 5.74) is 0. The second-order valence-electron chi connectivity index (χ2n) is 9.70. The van der Waals surface area contributed by atoms with Crippen LogP contribution in [0.4, 0.5) is 0 Å². The van der Waals surface area contributed by atoms with E-state index in [-0.39, 0.29) is 0 Å². The van der Waals surface area contributed by atoms with Crippen molar-refractivity contribution in [3.63, 3.8) is 0 Å². The molecule has 0 aromatic heterocycles. The maximum atomic E-state index is 2.66. The lowest BCUT2D eigenvalue weighted by Crippen LogP contribution is -2.39. The molecule has 0 aromatic carbocycles. The number of nitrogens with zero attached hydrogens (tertiary/aromatic N) is 2. The Balaban J connectivity index is 2.18. The van der Waals surface area contributed by atoms with Crippen LogP contribution in [0, 0.1) is 0 Å². The summed E-state index contributed by atoms with van der Waals surface area (Å²) >= 11 is 0. The summed E-state index contributed by atoms with van der Waals surface area (Å²) in [6.07, 6.45) is 33.6. The standard InChI is InChI=1S/C28H56N2/c1-4-7-10-12-14-16-18-20-22-25-30-27-26-29(24-9-6-3)28(30)23-21-19-17-15-13-11-8-5-2/h26-28H,4-25H2,1-3H3. The second kappa shape index (κ2) is 20.3. The molecule has 1 aliphatic heterocycles. The van der Waals surface area contributed by atoms with Gasteiger partial charge in [0.25, 0.3) is 0 Å². The van der Waals surface area contributed by atoms with E-state index in [9.17, 15) is 0 Å². The van der Waals surface area contributed by atoms with E-state index in [1.807, 2.05) is 0 Å². The Morgan fingerprint density at radius 2 is 0.800 bits per heavy atom. The molecule has 0 radical (unpaired) electrons. The van der Waals surface area contributed by atoms with Crippen molar-refractivity contribution >= 4 is 0 Å². The van der Waals surface area contributed by atoms with Crippen molar-refractivity contribution in [2.24, 2.45) is 0 Å². The molecule has 0 fully saturated rings. The fraction of sp³-hybridized carbons (Fsp3) is 0.929. The molecule has 0 N–H and O–H groups in total. The van der Waals surface area contributed by atoms with E-state index in [0.717, 1.165) is 0 Å². The minimum absolute atomic E-state index is 0.644. The third-order valence-electron chi connectivity index (χ3n) is 6.82. The van der Waals surface area contributed by atoms with Crippen LogP contribution in [0.2, 0.25) is 0 Å². The predicted molar refractivity (Wildman–Crippen MR) is 136 cm³/mol. The number of hydrogen-bond donors (Lipinski definition) is 0. The third-order valence-corrected chi connectivity index (χ3v) is 6.82. The van der Waals surface area contributed by atoms with Crippen LogP contribution in [0.25, 0.3) is 0 Å². The summed E-state index contributed by atoms with van der Waals surface area (Å²) in [6.45, 7) is 9.42. The smallest absolute Gasteiger partial charge is 0.101 e. The predicted octanol–water partition coefficient (Wildman–Crippen LogP) is 9.26. The van der Waals surface area contributed by atoms with E-state index >= 15 is 0 Å². The Hall–Kier alpha value is -0.660. The van der Waals surface area contributed by atoms with Gasteiger partial charge in [0.1, 0.15) is 6.17 Å². The fourth-order valence-corrected chi connectivity index (χ4v) is 4.75. The molecule has 2 nitrogen and oxygen atoms in total. The average Bonchev–Trinajstić information content (AvgIpc) is 3.14. The molecule has 1 unspecified atom stereocenters. The zero-order chi connectivity index (χ0) is 21.7. The molecule has 0 saturated heterocycles. The Morgan fingerprint density at radius 1 is 0.433 bits per heavy atom. The Bertz CT molecular complexity index is 379. The highest BCUT2D eigenvalue weighted by atomic mass is 15.4. The summed E-state index contributed by atoms with van der Waals surface area (Å²) in [5, 5.41) is 0. The zero-order valence-electron chi connectivity index (χ0n) is 21.2. The quantitative estimate of drug-likeness (QED) is 0.161. The normalized spacial score (nSPS) is 16.2. The van der Waals surface area contributed by atoms with E-state index in [1.165, 1.54) is 142 Å². The van der Waals surface area contributed by atoms with Gasteiger partial charge in [0.15, 0.2) is 0 Å². The van der Waals surface area contributed by atoms with E-state index in [4.69, 9.17) is 0 Å². The highest BCUT2D eigenvalue weighted by Gasteiger charge is 2.24. The summed E-state index contributed by atoms with van der Waals surface area (Å²) in [7, 11) is 0. The van der Waals surface area contributed by atoms with Gasteiger partial charge in [-0.3, -0.25) is 0 Å². The molecule has 30 heavy (non-hydrogen) atoms. The maximum absolute atomic E-state index is 2.66. The molecular formula is C28H56N2. The topological polar surface area (TPSA) is 6.48 Å². The summed E-state index contributed by atoms with van der Waals surface area (Å²) in [5.74, 6) is 0. The van der Waals surface area contributed by atoms with Gasteiger partial charge in [-0.25, -0.2) is 0 Å². The lowest BCUT2D eigenvalue weighted by atomic mass is 10.1. The molecule has 1 aliphatic rings. The fourth-order valence-electron chi connectivity index (χ4n) is 4.75. The molecule has 0 amide bonds. The lowest BCUT2D eigenvalue weighted by Gasteiger charge is -2.33. The van der Waals surface area contributed by atoms with Crippen LogP contribution >= 0.6 is 0 Å². The van der Waals surface area contributed by atoms with Crippen molar-refractivity contribution in [1.29, 1.82) is 0 Å². The second-order valence-corrected chi connectivity index (χ2v) is 9.70. The van der Waals surface area contributed by atoms with E-state index < -0.39 is 0 Å². The van der Waals surface area contributed by atoms with Gasteiger partial charge < -0.3 is 9.80 Å². The van der Waals surface area contributed by atoms with Crippen molar-refractivity contribution < 1.29 is 0 Å². The minimum Gasteiger partial charge on any atom is -0.356 e. The van der Waals surface area contributed by atoms with Gasteiger partial charge in [0.2, 0.25) is 0 Å². The van der Waals surface area contributed by atoms with Gasteiger partial charge in [-0.2, -0.15) is 0 Å². The van der Waals surface area contributed by atoms with Crippen LogP contribution in [0.5, 0.6) is 0 Å². The van der Waals surface area contributed by atoms with Gasteiger partial charge in [0, 0.05) is 25.5 Å². The van der Waals surface area contributed by atoms with Gasteiger partial charge in [-0.15, -0.1) is 0 Å². The van der Waals surface area contributed by atoms with Crippen LogP contribution in [-0.2, 0) is 0 Å². The molecule has 2 heteroatoms. The molecule has 0 aliphatic carbocycles. The van der Waals surface area contributed by atoms with Crippen molar-refractivity contribution in [1.82, 2.24) is 9.80 Å². The van der Waals surface area contributed by atoms with Crippen LogP contribution in [0.1, 0.15) is 149 Å². The Morgan fingerprint density at radius 3 is 1.27 bits per heavy atom. The zero-order valence-corrected chi connectivity index (χ0v) is 21.2. The summed E-state index contributed by atoms with van der Waals surface area (Å²) in [4.78, 5) is 5.30. The molecule has 178 valence electrons. The van der Waals surface area contributed by atoms with Gasteiger partial charge in [-0.05, 0) is 25.7 Å². The van der Waals surface area contributed by atoms with Gasteiger partial charge in [-0.1, -0.05) is 124 Å². The Kier molecular flexibility index (Phi) is 18.5. The van der Waals surface area contributed by atoms with Gasteiger partial charge in [0.05, 0.1) is 0 Å². The molecule has 0 bridgehead atoms. The average molecular weight is 421 g/mol. The first-order valence-electron chi connectivity index (χ1n) is 14.0. The molecule has 0 aromatic rings. The first-order valence-corrected chi connectivity index (χ1v) is 14.0. The van der Waals surface area contributed by atoms with Crippen LogP contribution in [0.3, 0.4) is 0 Å². The molecule has 1 rings (SSSR count). The number of rotatable bonds is 22. The van der Waals surface area contributed by atoms with Crippen molar-refractivity contribution in [3.05, 3.63) is 12.4 Å². The van der Waals surface area contributed by atoms with E-state index in [0.29, 0.717) is 6.17 Å². The largest absolute Gasteiger partial charge is 0.356 e. The van der Waals surface area contributed by atoms with Crippen molar-refractivity contribution in [2.45, 2.75) is 155 Å². The number of hydrogen-bond acceptors (Lipinski definition) is 2. The van der Waals surface area contributed by atoms with E-state index in [2.05, 4.69) is 43.0 Å². The number of unbranched alkanes of at least 4 members (excludes halogenated alkanes) is 16. The van der Waals surface area contributed by atoms with Crippen LogP contribution in [0.15, 0.2) is 12.4 Å². The van der Waals surface area contributed by atoms with Crippen LogP contribution in [-0.4, -0.2) is 29.1 Å². The first kappa shape index (κ1) is 27.4. The third kappa shape index (κ3) is 13.6. The molecule has 0 saturated carbocycles. The van der Waals surface area contributed by atoms with Crippen LogP contribution < -0.4 is 0 Å². The molecule has 1 heterocycles. The van der Waals surface area contributed by atoms with Crippen molar-refractivity contribution in [3.8, 4) is 0 Å². The molecule has 0 spiro atoms.